The Kier molecular flexibility index (Phi) is 4.78. The van der Waals surface area contributed by atoms with Crippen molar-refractivity contribution >= 4 is 22.4 Å². The number of aromatic nitrogens is 1. The van der Waals surface area contributed by atoms with E-state index in [4.69, 9.17) is 10.00 Å². The molecule has 3 aromatic rings. The second-order valence-corrected chi connectivity index (χ2v) is 6.23. The number of carbonyl (C=O) groups excluding carboxylic acids is 1. The Balaban J connectivity index is 1.78. The second-order valence-electron chi connectivity index (χ2n) is 5.37. The molecule has 0 radical (unpaired) electrons. The normalized spacial score (nSPS) is 10.1. The van der Waals surface area contributed by atoms with Crippen molar-refractivity contribution in [1.29, 1.82) is 5.26 Å². The molecule has 25 heavy (non-hydrogen) atoms. The maximum Gasteiger partial charge on any atom is 0.257 e. The van der Waals surface area contributed by atoms with Crippen molar-refractivity contribution in [3.8, 4) is 23.1 Å². The molecule has 1 heterocycles. The molecule has 1 amide bonds. The summed E-state index contributed by atoms with van der Waals surface area (Å²) in [5, 5.41) is 14.1. The van der Waals surface area contributed by atoms with Crippen molar-refractivity contribution in [3.05, 3.63) is 64.5 Å². The van der Waals surface area contributed by atoms with Gasteiger partial charge in [0.15, 0.2) is 5.13 Å². The lowest BCUT2D eigenvalue weighted by molar-refractivity contribution is 0.102. The molecule has 6 heteroatoms. The Morgan fingerprint density at radius 1 is 1.28 bits per heavy atom. The van der Waals surface area contributed by atoms with E-state index in [1.807, 2.05) is 36.6 Å². The summed E-state index contributed by atoms with van der Waals surface area (Å²) in [4.78, 5) is 16.8. The zero-order valence-electron chi connectivity index (χ0n) is 13.7. The van der Waals surface area contributed by atoms with E-state index < -0.39 is 0 Å². The van der Waals surface area contributed by atoms with Crippen molar-refractivity contribution in [2.75, 3.05) is 12.4 Å². The van der Waals surface area contributed by atoms with Gasteiger partial charge >= 0.3 is 0 Å². The summed E-state index contributed by atoms with van der Waals surface area (Å²) in [6.45, 7) is 1.97. The van der Waals surface area contributed by atoms with Crippen LogP contribution in [0.1, 0.15) is 21.5 Å². The summed E-state index contributed by atoms with van der Waals surface area (Å²) in [6.07, 6.45) is 0. The van der Waals surface area contributed by atoms with Gasteiger partial charge in [0.25, 0.3) is 5.91 Å². The zero-order valence-corrected chi connectivity index (χ0v) is 14.6. The van der Waals surface area contributed by atoms with E-state index in [9.17, 15) is 4.79 Å². The zero-order chi connectivity index (χ0) is 17.8. The summed E-state index contributed by atoms with van der Waals surface area (Å²) < 4.78 is 5.26. The molecular formula is C19H15N3O2S. The van der Waals surface area contributed by atoms with Gasteiger partial charge in [0.1, 0.15) is 5.75 Å². The quantitative estimate of drug-likeness (QED) is 0.764. The number of benzene rings is 2. The van der Waals surface area contributed by atoms with Crippen LogP contribution in [0.5, 0.6) is 5.75 Å². The standard InChI is InChI=1S/C19H15N3O2S/c1-12-8-14(6-7-17(12)24-2)16-11-25-19(21-16)22-18(23)15-5-3-4-13(9-15)10-20/h3-9,11H,1-2H3,(H,21,22,23). The van der Waals surface area contributed by atoms with E-state index in [0.29, 0.717) is 16.3 Å². The number of methoxy groups -OCH3 is 1. The average molecular weight is 349 g/mol. The minimum atomic E-state index is -0.288. The van der Waals surface area contributed by atoms with Crippen LogP contribution in [0.2, 0.25) is 0 Å². The molecule has 0 aliphatic carbocycles. The number of aryl methyl sites for hydroxylation is 1. The number of hydrogen-bond acceptors (Lipinski definition) is 5. The topological polar surface area (TPSA) is 75.0 Å². The Hall–Kier alpha value is -3.17. The van der Waals surface area contributed by atoms with Crippen molar-refractivity contribution in [3.63, 3.8) is 0 Å². The van der Waals surface area contributed by atoms with Crippen molar-refractivity contribution in [2.45, 2.75) is 6.92 Å². The lowest BCUT2D eigenvalue weighted by Gasteiger charge is -2.05. The summed E-state index contributed by atoms with van der Waals surface area (Å²) >= 11 is 1.35. The highest BCUT2D eigenvalue weighted by molar-refractivity contribution is 7.14. The molecule has 0 bridgehead atoms. The highest BCUT2D eigenvalue weighted by Crippen LogP contribution is 2.29. The smallest absolute Gasteiger partial charge is 0.257 e. The fourth-order valence-corrected chi connectivity index (χ4v) is 3.12. The van der Waals surface area contributed by atoms with E-state index in [2.05, 4.69) is 10.3 Å². The van der Waals surface area contributed by atoms with Crippen molar-refractivity contribution < 1.29 is 9.53 Å². The molecule has 3 rings (SSSR count). The highest BCUT2D eigenvalue weighted by atomic mass is 32.1. The first-order valence-electron chi connectivity index (χ1n) is 7.53. The van der Waals surface area contributed by atoms with Gasteiger partial charge < -0.3 is 4.74 Å². The number of hydrogen-bond donors (Lipinski definition) is 1. The van der Waals surface area contributed by atoms with Crippen LogP contribution in [-0.2, 0) is 0 Å². The monoisotopic (exact) mass is 349 g/mol. The molecule has 0 spiro atoms. The number of anilines is 1. The van der Waals surface area contributed by atoms with E-state index in [-0.39, 0.29) is 5.91 Å². The van der Waals surface area contributed by atoms with Crippen LogP contribution in [0.15, 0.2) is 47.8 Å². The molecule has 0 saturated heterocycles. The first-order chi connectivity index (χ1) is 12.1. The van der Waals surface area contributed by atoms with Crippen LogP contribution in [0, 0.1) is 18.3 Å². The summed E-state index contributed by atoms with van der Waals surface area (Å²) in [6, 6.07) is 14.4. The van der Waals surface area contributed by atoms with Gasteiger partial charge in [-0.2, -0.15) is 5.26 Å². The Labute approximate surface area is 149 Å². The number of nitrogens with one attached hydrogen (secondary N) is 1. The maximum absolute atomic E-state index is 12.3. The minimum Gasteiger partial charge on any atom is -0.496 e. The summed E-state index contributed by atoms with van der Waals surface area (Å²) in [5.41, 5.74) is 3.64. The Bertz CT molecular complexity index is 973. The van der Waals surface area contributed by atoms with Crippen LogP contribution < -0.4 is 10.1 Å². The van der Waals surface area contributed by atoms with Gasteiger partial charge in [0.2, 0.25) is 0 Å². The Morgan fingerprint density at radius 2 is 2.12 bits per heavy atom. The molecule has 1 N–H and O–H groups in total. The van der Waals surface area contributed by atoms with Gasteiger partial charge in [-0.3, -0.25) is 10.1 Å². The van der Waals surface area contributed by atoms with E-state index in [1.54, 1.807) is 31.4 Å². The third kappa shape index (κ3) is 3.67. The number of ether oxygens (including phenoxy) is 1. The van der Waals surface area contributed by atoms with Gasteiger partial charge in [0.05, 0.1) is 24.4 Å². The van der Waals surface area contributed by atoms with Gasteiger partial charge in [0, 0.05) is 16.5 Å². The lowest BCUT2D eigenvalue weighted by Crippen LogP contribution is -2.11. The molecule has 0 atom stereocenters. The first-order valence-corrected chi connectivity index (χ1v) is 8.40. The van der Waals surface area contributed by atoms with Crippen LogP contribution in [0.4, 0.5) is 5.13 Å². The molecule has 0 aliphatic rings. The number of nitriles is 1. The number of thiazole rings is 1. The molecule has 0 fully saturated rings. The predicted octanol–water partition coefficient (Wildman–Crippen LogP) is 4.25. The van der Waals surface area contributed by atoms with E-state index in [1.165, 1.54) is 11.3 Å². The molecule has 124 valence electrons. The highest BCUT2D eigenvalue weighted by Gasteiger charge is 2.11. The van der Waals surface area contributed by atoms with Gasteiger partial charge in [-0.15, -0.1) is 11.3 Å². The Morgan fingerprint density at radius 3 is 2.84 bits per heavy atom. The molecule has 0 aliphatic heterocycles. The van der Waals surface area contributed by atoms with E-state index in [0.717, 1.165) is 22.6 Å². The third-order valence-electron chi connectivity index (χ3n) is 3.67. The van der Waals surface area contributed by atoms with Crippen LogP contribution >= 0.6 is 11.3 Å². The fraction of sp³-hybridized carbons (Fsp3) is 0.105. The average Bonchev–Trinajstić information content (AvgIpc) is 3.10. The maximum atomic E-state index is 12.3. The van der Waals surface area contributed by atoms with Crippen molar-refractivity contribution in [2.24, 2.45) is 0 Å². The minimum absolute atomic E-state index is 0.288. The molecular weight excluding hydrogens is 334 g/mol. The number of nitrogens with zero attached hydrogens (tertiary/aromatic N) is 2. The van der Waals surface area contributed by atoms with Gasteiger partial charge in [-0.25, -0.2) is 4.98 Å². The van der Waals surface area contributed by atoms with Crippen LogP contribution in [0.25, 0.3) is 11.3 Å². The number of rotatable bonds is 4. The van der Waals surface area contributed by atoms with E-state index >= 15 is 0 Å². The number of carbonyl (C=O) groups is 1. The fourth-order valence-electron chi connectivity index (χ4n) is 2.40. The molecule has 1 aromatic heterocycles. The largest absolute Gasteiger partial charge is 0.496 e. The SMILES string of the molecule is COc1ccc(-c2csc(NC(=O)c3cccc(C#N)c3)n2)cc1C. The van der Waals surface area contributed by atoms with Crippen LogP contribution in [0.3, 0.4) is 0 Å². The molecule has 0 unspecified atom stereocenters. The molecule has 2 aromatic carbocycles. The summed E-state index contributed by atoms with van der Waals surface area (Å²) in [7, 11) is 1.64. The predicted molar refractivity (Wildman–Crippen MR) is 97.9 cm³/mol. The second kappa shape index (κ2) is 7.16. The van der Waals surface area contributed by atoms with Crippen LogP contribution in [-0.4, -0.2) is 18.0 Å². The molecule has 0 saturated carbocycles. The third-order valence-corrected chi connectivity index (χ3v) is 4.43. The first kappa shape index (κ1) is 16.7. The van der Waals surface area contributed by atoms with Gasteiger partial charge in [-0.05, 0) is 48.9 Å². The van der Waals surface area contributed by atoms with Crippen molar-refractivity contribution in [1.82, 2.24) is 4.98 Å². The lowest BCUT2D eigenvalue weighted by atomic mass is 10.1. The molecule has 5 nitrogen and oxygen atoms in total. The number of amides is 1. The summed E-state index contributed by atoms with van der Waals surface area (Å²) in [5.74, 6) is 0.536. The van der Waals surface area contributed by atoms with Gasteiger partial charge in [-0.1, -0.05) is 6.07 Å².